The number of aromatic nitrogens is 5. The summed E-state index contributed by atoms with van der Waals surface area (Å²) in [5.41, 5.74) is 6.15. The van der Waals surface area contributed by atoms with E-state index in [1.54, 1.807) is 0 Å². The number of fused-ring (bicyclic) bond motifs is 12. The third kappa shape index (κ3) is 3.28. The zero-order valence-corrected chi connectivity index (χ0v) is 21.8. The summed E-state index contributed by atoms with van der Waals surface area (Å²) in [7, 11) is 0. The van der Waals surface area contributed by atoms with E-state index in [0.717, 1.165) is 60.9 Å². The van der Waals surface area contributed by atoms with Crippen molar-refractivity contribution in [2.24, 2.45) is 0 Å². The van der Waals surface area contributed by atoms with Gasteiger partial charge in [-0.1, -0.05) is 42.5 Å². The van der Waals surface area contributed by atoms with E-state index in [1.165, 1.54) is 16.5 Å². The van der Waals surface area contributed by atoms with Crippen LogP contribution in [-0.2, 0) is 0 Å². The molecule has 192 valence electrons. The van der Waals surface area contributed by atoms with E-state index in [0.29, 0.717) is 0 Å². The second-order valence-corrected chi connectivity index (χ2v) is 10.2. The molecule has 0 radical (unpaired) electrons. The average Bonchev–Trinajstić information content (AvgIpc) is 3.73. The van der Waals surface area contributed by atoms with Crippen LogP contribution in [0.1, 0.15) is 0 Å². The number of benzene rings is 4. The fourth-order valence-corrected chi connectivity index (χ4v) is 6.09. The Morgan fingerprint density at radius 1 is 0.439 bits per heavy atom. The van der Waals surface area contributed by atoms with Crippen molar-refractivity contribution < 1.29 is 4.74 Å². The molecule has 0 aliphatic rings. The molecular weight excluding hydrogens is 506 g/mol. The van der Waals surface area contributed by atoms with Crippen LogP contribution in [0.25, 0.3) is 65.9 Å². The lowest BCUT2D eigenvalue weighted by molar-refractivity contribution is 0.484. The second-order valence-electron chi connectivity index (χ2n) is 10.2. The van der Waals surface area contributed by atoms with Gasteiger partial charge in [-0.2, -0.15) is 0 Å². The molecule has 0 N–H and O–H groups in total. The summed E-state index contributed by atoms with van der Waals surface area (Å²) in [5, 5.41) is 6.55. The highest BCUT2D eigenvalue weighted by atomic mass is 16.5. The molecule has 0 bridgehead atoms. The van der Waals surface area contributed by atoms with E-state index < -0.39 is 0 Å². The van der Waals surface area contributed by atoms with Crippen LogP contribution in [0.5, 0.6) is 11.5 Å². The van der Waals surface area contributed by atoms with Crippen molar-refractivity contribution in [1.29, 1.82) is 0 Å². The normalized spacial score (nSPS) is 11.9. The molecule has 0 spiro atoms. The van der Waals surface area contributed by atoms with E-state index in [9.17, 15) is 0 Å². The first-order valence-corrected chi connectivity index (χ1v) is 13.5. The minimum atomic E-state index is 0.748. The molecule has 0 fully saturated rings. The summed E-state index contributed by atoms with van der Waals surface area (Å²) >= 11 is 0. The van der Waals surface area contributed by atoms with Gasteiger partial charge in [-0.3, -0.25) is 8.80 Å². The number of pyridine rings is 3. The zero-order valence-electron chi connectivity index (χ0n) is 21.8. The average molecular weight is 528 g/mol. The standard InChI is InChI=1S/C35H21N5O/c1-2-5-22(6-3-1)23-8-11-28-26-12-9-24(20-30(26)34-37-15-17-39(34)32(28)19-23)41-25-10-13-27-29-7-4-14-36-33(29)40-18-16-38-35(40)31(27)21-25/h1-21H. The Bertz CT molecular complexity index is 2460. The van der Waals surface area contributed by atoms with Crippen molar-refractivity contribution in [2.45, 2.75) is 0 Å². The SMILES string of the molecule is c1ccc(-c2ccc3c4ccc(Oc5ccc6c7cccnc7n7ccnc7c6c5)cc4c4nccn4c3c2)cc1. The monoisotopic (exact) mass is 527 g/mol. The minimum absolute atomic E-state index is 0.748. The largest absolute Gasteiger partial charge is 0.457 e. The maximum atomic E-state index is 6.46. The molecule has 5 heterocycles. The third-order valence-electron chi connectivity index (χ3n) is 7.94. The van der Waals surface area contributed by atoms with Crippen LogP contribution in [0, 0.1) is 0 Å². The van der Waals surface area contributed by atoms with Crippen molar-refractivity contribution in [3.63, 3.8) is 0 Å². The number of rotatable bonds is 3. The van der Waals surface area contributed by atoms with Crippen molar-refractivity contribution in [3.8, 4) is 22.6 Å². The molecule has 0 unspecified atom stereocenters. The summed E-state index contributed by atoms with van der Waals surface area (Å²) in [5.74, 6) is 1.50. The molecule has 5 aromatic heterocycles. The summed E-state index contributed by atoms with van der Waals surface area (Å²) in [6.07, 6.45) is 9.45. The lowest BCUT2D eigenvalue weighted by Gasteiger charge is -2.13. The van der Waals surface area contributed by atoms with Crippen LogP contribution in [0.4, 0.5) is 0 Å². The molecule has 0 saturated heterocycles. The van der Waals surface area contributed by atoms with Gasteiger partial charge >= 0.3 is 0 Å². The van der Waals surface area contributed by atoms with Crippen molar-refractivity contribution in [1.82, 2.24) is 23.8 Å². The fraction of sp³-hybridized carbons (Fsp3) is 0. The van der Waals surface area contributed by atoms with Gasteiger partial charge in [0, 0.05) is 52.5 Å². The Balaban J connectivity index is 1.18. The summed E-state index contributed by atoms with van der Waals surface area (Å²) in [6.45, 7) is 0. The Kier molecular flexibility index (Phi) is 4.51. The summed E-state index contributed by atoms with van der Waals surface area (Å²) in [6, 6.07) is 33.6. The van der Waals surface area contributed by atoms with Crippen LogP contribution in [0.2, 0.25) is 0 Å². The van der Waals surface area contributed by atoms with Crippen LogP contribution < -0.4 is 4.74 Å². The molecule has 0 amide bonds. The first kappa shape index (κ1) is 22.1. The number of imidazole rings is 2. The van der Waals surface area contributed by atoms with Gasteiger partial charge in [0.15, 0.2) is 0 Å². The second kappa shape index (κ2) is 8.37. The maximum absolute atomic E-state index is 6.46. The highest BCUT2D eigenvalue weighted by molar-refractivity contribution is 6.13. The molecule has 9 aromatic rings. The summed E-state index contributed by atoms with van der Waals surface area (Å²) < 4.78 is 10.7. The van der Waals surface area contributed by atoms with Crippen LogP contribution in [0.15, 0.2) is 128 Å². The third-order valence-corrected chi connectivity index (χ3v) is 7.94. The van der Waals surface area contributed by atoms with Crippen LogP contribution >= 0.6 is 0 Å². The van der Waals surface area contributed by atoms with Gasteiger partial charge in [0.1, 0.15) is 28.4 Å². The quantitative estimate of drug-likeness (QED) is 0.216. The Morgan fingerprint density at radius 3 is 1.85 bits per heavy atom. The molecule has 6 nitrogen and oxygen atoms in total. The Labute approximate surface area is 233 Å². The van der Waals surface area contributed by atoms with Gasteiger partial charge in [-0.15, -0.1) is 0 Å². The highest BCUT2D eigenvalue weighted by Crippen LogP contribution is 2.36. The molecule has 9 rings (SSSR count). The predicted octanol–water partition coefficient (Wildman–Crippen LogP) is 8.45. The predicted molar refractivity (Wildman–Crippen MR) is 164 cm³/mol. The highest BCUT2D eigenvalue weighted by Gasteiger charge is 2.14. The number of ether oxygens (including phenoxy) is 1. The molecule has 41 heavy (non-hydrogen) atoms. The van der Waals surface area contributed by atoms with E-state index in [4.69, 9.17) is 9.72 Å². The first-order chi connectivity index (χ1) is 20.3. The van der Waals surface area contributed by atoms with Gasteiger partial charge in [0.25, 0.3) is 0 Å². The van der Waals surface area contributed by atoms with Gasteiger partial charge in [-0.25, -0.2) is 15.0 Å². The number of hydrogen-bond acceptors (Lipinski definition) is 4. The van der Waals surface area contributed by atoms with Crippen molar-refractivity contribution in [3.05, 3.63) is 128 Å². The lowest BCUT2D eigenvalue weighted by atomic mass is 10.0. The minimum Gasteiger partial charge on any atom is -0.457 e. The van der Waals surface area contributed by atoms with Crippen LogP contribution in [0.3, 0.4) is 0 Å². The number of nitrogens with zero attached hydrogens (tertiary/aromatic N) is 5. The molecular formula is C35H21N5O. The Hall–Kier alpha value is -5.75. The molecule has 0 atom stereocenters. The van der Waals surface area contributed by atoms with E-state index in [-0.39, 0.29) is 0 Å². The Morgan fingerprint density at radius 2 is 1.07 bits per heavy atom. The maximum Gasteiger partial charge on any atom is 0.146 e. The van der Waals surface area contributed by atoms with Gasteiger partial charge < -0.3 is 4.74 Å². The fourth-order valence-electron chi connectivity index (χ4n) is 6.09. The van der Waals surface area contributed by atoms with E-state index in [1.807, 2.05) is 59.7 Å². The lowest BCUT2D eigenvalue weighted by Crippen LogP contribution is -1.94. The molecule has 0 saturated carbocycles. The summed E-state index contributed by atoms with van der Waals surface area (Å²) in [4.78, 5) is 14.0. The molecule has 6 heteroatoms. The van der Waals surface area contributed by atoms with Crippen molar-refractivity contribution >= 4 is 54.8 Å². The van der Waals surface area contributed by atoms with Crippen molar-refractivity contribution in [2.75, 3.05) is 0 Å². The smallest absolute Gasteiger partial charge is 0.146 e. The first-order valence-electron chi connectivity index (χ1n) is 13.5. The molecule has 4 aromatic carbocycles. The van der Waals surface area contributed by atoms with E-state index >= 15 is 0 Å². The van der Waals surface area contributed by atoms with Gasteiger partial charge in [-0.05, 0) is 76.5 Å². The van der Waals surface area contributed by atoms with E-state index in [2.05, 4.69) is 87.2 Å². The van der Waals surface area contributed by atoms with Gasteiger partial charge in [0.05, 0.1) is 5.52 Å². The van der Waals surface area contributed by atoms with Gasteiger partial charge in [0.2, 0.25) is 0 Å². The van der Waals surface area contributed by atoms with Crippen LogP contribution in [-0.4, -0.2) is 23.8 Å². The molecule has 0 aliphatic carbocycles. The number of hydrogen-bond donors (Lipinski definition) is 0. The molecule has 0 aliphatic heterocycles. The topological polar surface area (TPSA) is 56.7 Å². The zero-order chi connectivity index (χ0) is 26.9.